The lowest BCUT2D eigenvalue weighted by Gasteiger charge is -2.17. The molecule has 0 atom stereocenters. The van der Waals surface area contributed by atoms with Gasteiger partial charge in [0.15, 0.2) is 5.69 Å². The lowest BCUT2D eigenvalue weighted by molar-refractivity contribution is 0.102. The first-order valence-corrected chi connectivity index (χ1v) is 8.68. The van der Waals surface area contributed by atoms with Crippen molar-refractivity contribution in [1.29, 1.82) is 0 Å². The number of amides is 1. The molecule has 0 spiro atoms. The van der Waals surface area contributed by atoms with Crippen LogP contribution in [0.1, 0.15) is 42.4 Å². The third-order valence-corrected chi connectivity index (χ3v) is 4.11. The van der Waals surface area contributed by atoms with Crippen molar-refractivity contribution in [3.05, 3.63) is 59.5 Å². The maximum Gasteiger partial charge on any atom is 0.277 e. The molecule has 0 bridgehead atoms. The smallest absolute Gasteiger partial charge is 0.277 e. The molecule has 0 aliphatic heterocycles. The monoisotopic (exact) mass is 365 g/mol. The Morgan fingerprint density at radius 1 is 1.11 bits per heavy atom. The molecule has 1 N–H and O–H groups in total. The highest BCUT2D eigenvalue weighted by Crippen LogP contribution is 2.23. The first-order chi connectivity index (χ1) is 12.7. The molecule has 2 aromatic heterocycles. The Morgan fingerprint density at radius 3 is 2.48 bits per heavy atom. The third kappa shape index (κ3) is 4.49. The second kappa shape index (κ2) is 7.19. The van der Waals surface area contributed by atoms with Crippen LogP contribution in [0, 0.1) is 13.8 Å². The molecule has 3 rings (SSSR count). The topological polar surface area (TPSA) is 81.9 Å². The maximum absolute atomic E-state index is 12.3. The number of anilines is 1. The van der Waals surface area contributed by atoms with Crippen LogP contribution in [0.25, 0.3) is 0 Å². The van der Waals surface area contributed by atoms with Gasteiger partial charge < -0.3 is 10.1 Å². The predicted molar refractivity (Wildman–Crippen MR) is 103 cm³/mol. The molecule has 27 heavy (non-hydrogen) atoms. The van der Waals surface area contributed by atoms with Gasteiger partial charge in [-0.1, -0.05) is 11.3 Å². The molecule has 140 valence electrons. The number of nitrogens with zero attached hydrogens (tertiary/aromatic N) is 4. The molecule has 1 amide bonds. The van der Waals surface area contributed by atoms with E-state index in [1.165, 1.54) is 5.56 Å². The normalized spacial score (nSPS) is 11.3. The average Bonchev–Trinajstić information content (AvgIpc) is 3.10. The minimum absolute atomic E-state index is 0.236. The number of hydrogen-bond donors (Lipinski definition) is 1. The Kier molecular flexibility index (Phi) is 4.94. The fourth-order valence-corrected chi connectivity index (χ4v) is 2.30. The van der Waals surface area contributed by atoms with Crippen molar-refractivity contribution in [1.82, 2.24) is 20.0 Å². The molecule has 0 fully saturated rings. The van der Waals surface area contributed by atoms with Crippen molar-refractivity contribution in [3.63, 3.8) is 0 Å². The molecule has 0 saturated heterocycles. The van der Waals surface area contributed by atoms with Crippen LogP contribution in [0.2, 0.25) is 0 Å². The molecular formula is C20H23N5O2. The number of aryl methyl sites for hydroxylation is 2. The van der Waals surface area contributed by atoms with Gasteiger partial charge in [0.25, 0.3) is 5.91 Å². The van der Waals surface area contributed by atoms with Crippen LogP contribution in [-0.2, 0) is 5.54 Å². The predicted octanol–water partition coefficient (Wildman–Crippen LogP) is 4.09. The molecule has 0 unspecified atom stereocenters. The van der Waals surface area contributed by atoms with Crippen LogP contribution in [0.5, 0.6) is 11.6 Å². The summed E-state index contributed by atoms with van der Waals surface area (Å²) >= 11 is 0. The van der Waals surface area contributed by atoms with Gasteiger partial charge in [-0.15, -0.1) is 5.10 Å². The molecule has 0 radical (unpaired) electrons. The Balaban J connectivity index is 1.65. The zero-order chi connectivity index (χ0) is 19.6. The number of nitrogens with one attached hydrogen (secondary N) is 1. The zero-order valence-corrected chi connectivity index (χ0v) is 16.1. The number of carbonyl (C=O) groups excluding carboxylic acids is 1. The first-order valence-electron chi connectivity index (χ1n) is 8.68. The quantitative estimate of drug-likeness (QED) is 0.753. The van der Waals surface area contributed by atoms with Crippen LogP contribution in [0.15, 0.2) is 42.7 Å². The van der Waals surface area contributed by atoms with E-state index in [1.807, 2.05) is 45.9 Å². The lowest BCUT2D eigenvalue weighted by atomic mass is 10.1. The molecule has 7 nitrogen and oxygen atoms in total. The summed E-state index contributed by atoms with van der Waals surface area (Å²) in [5.41, 5.74) is 2.93. The van der Waals surface area contributed by atoms with Gasteiger partial charge in [-0.25, -0.2) is 9.67 Å². The highest BCUT2D eigenvalue weighted by atomic mass is 16.5. The van der Waals surface area contributed by atoms with E-state index in [-0.39, 0.29) is 17.1 Å². The first kappa shape index (κ1) is 18.6. The van der Waals surface area contributed by atoms with E-state index >= 15 is 0 Å². The van der Waals surface area contributed by atoms with Crippen molar-refractivity contribution < 1.29 is 9.53 Å². The number of ether oxygens (including phenoxy) is 1. The van der Waals surface area contributed by atoms with Gasteiger partial charge in [0.1, 0.15) is 5.75 Å². The number of hydrogen-bond acceptors (Lipinski definition) is 5. The largest absolute Gasteiger partial charge is 0.439 e. The summed E-state index contributed by atoms with van der Waals surface area (Å²) in [7, 11) is 0. The van der Waals surface area contributed by atoms with E-state index in [9.17, 15) is 4.79 Å². The number of aromatic nitrogens is 4. The van der Waals surface area contributed by atoms with E-state index in [0.29, 0.717) is 11.6 Å². The Morgan fingerprint density at radius 2 is 1.89 bits per heavy atom. The summed E-state index contributed by atoms with van der Waals surface area (Å²) in [4.78, 5) is 16.6. The van der Waals surface area contributed by atoms with Gasteiger partial charge in [0, 0.05) is 6.07 Å². The van der Waals surface area contributed by atoms with Crippen LogP contribution < -0.4 is 10.1 Å². The van der Waals surface area contributed by atoms with Crippen LogP contribution >= 0.6 is 0 Å². The molecule has 0 saturated carbocycles. The van der Waals surface area contributed by atoms with Crippen molar-refractivity contribution in [2.75, 3.05) is 5.32 Å². The van der Waals surface area contributed by atoms with Crippen LogP contribution in [0.4, 0.5) is 5.69 Å². The Hall–Kier alpha value is -3.22. The molecule has 1 aromatic carbocycles. The van der Waals surface area contributed by atoms with Gasteiger partial charge in [-0.05, 0) is 63.9 Å². The number of carbonyl (C=O) groups is 1. The Bertz CT molecular complexity index is 955. The highest BCUT2D eigenvalue weighted by molar-refractivity contribution is 6.02. The summed E-state index contributed by atoms with van der Waals surface area (Å²) in [5.74, 6) is 0.839. The molecule has 3 aromatic rings. The van der Waals surface area contributed by atoms with Gasteiger partial charge in [-0.2, -0.15) is 0 Å². The van der Waals surface area contributed by atoms with Crippen LogP contribution in [-0.4, -0.2) is 25.9 Å². The summed E-state index contributed by atoms with van der Waals surface area (Å²) < 4.78 is 7.40. The van der Waals surface area contributed by atoms with Gasteiger partial charge >= 0.3 is 0 Å². The summed E-state index contributed by atoms with van der Waals surface area (Å²) in [5, 5.41) is 10.7. The van der Waals surface area contributed by atoms with E-state index in [1.54, 1.807) is 29.2 Å². The van der Waals surface area contributed by atoms with E-state index in [4.69, 9.17) is 4.74 Å². The fourth-order valence-electron chi connectivity index (χ4n) is 2.30. The summed E-state index contributed by atoms with van der Waals surface area (Å²) in [6.45, 7) is 10.0. The lowest BCUT2D eigenvalue weighted by Crippen LogP contribution is -2.22. The number of rotatable bonds is 4. The highest BCUT2D eigenvalue weighted by Gasteiger charge is 2.18. The van der Waals surface area contributed by atoms with E-state index < -0.39 is 0 Å². The van der Waals surface area contributed by atoms with E-state index in [0.717, 1.165) is 11.3 Å². The molecular weight excluding hydrogens is 342 g/mol. The number of benzene rings is 1. The third-order valence-electron chi connectivity index (χ3n) is 4.11. The van der Waals surface area contributed by atoms with E-state index in [2.05, 4.69) is 27.5 Å². The summed E-state index contributed by atoms with van der Waals surface area (Å²) in [6, 6.07) is 9.31. The minimum Gasteiger partial charge on any atom is -0.439 e. The van der Waals surface area contributed by atoms with Crippen molar-refractivity contribution in [2.24, 2.45) is 0 Å². The average molecular weight is 365 g/mol. The second-order valence-electron chi connectivity index (χ2n) is 7.41. The zero-order valence-electron chi connectivity index (χ0n) is 16.1. The standard InChI is InChI=1S/C20H23N5O2/c1-13-6-8-16(10-14(13)2)27-18-9-7-15(11-21-18)22-19(26)17-12-25(24-23-17)20(3,4)5/h6-12H,1-5H3,(H,22,26). The molecule has 7 heteroatoms. The van der Waals surface area contributed by atoms with Gasteiger partial charge in [0.05, 0.1) is 23.6 Å². The number of pyridine rings is 1. The molecule has 0 aliphatic rings. The molecule has 0 aliphatic carbocycles. The summed E-state index contributed by atoms with van der Waals surface area (Å²) in [6.07, 6.45) is 3.17. The second-order valence-corrected chi connectivity index (χ2v) is 7.41. The molecule has 2 heterocycles. The van der Waals surface area contributed by atoms with Crippen molar-refractivity contribution >= 4 is 11.6 Å². The van der Waals surface area contributed by atoms with Crippen molar-refractivity contribution in [3.8, 4) is 11.6 Å². The minimum atomic E-state index is -0.338. The maximum atomic E-state index is 12.3. The SMILES string of the molecule is Cc1ccc(Oc2ccc(NC(=O)c3cn(C(C)(C)C)nn3)cn2)cc1C. The fraction of sp³-hybridized carbons (Fsp3) is 0.300. The van der Waals surface area contributed by atoms with Gasteiger partial charge in [0.2, 0.25) is 5.88 Å². The van der Waals surface area contributed by atoms with Crippen LogP contribution in [0.3, 0.4) is 0 Å². The van der Waals surface area contributed by atoms with Gasteiger partial charge in [-0.3, -0.25) is 4.79 Å². The van der Waals surface area contributed by atoms with Crippen molar-refractivity contribution in [2.45, 2.75) is 40.2 Å². The Labute approximate surface area is 158 Å².